The molecule has 1 saturated heterocycles. The SMILES string of the molecule is CC(C)C[C@H](c1cc(C(F)(F)F)cc(C(F)(F)F)c1)N1CCNCC1.Cl.Cl. The number of hydrogen-bond donors (Lipinski definition) is 1. The minimum Gasteiger partial charge on any atom is -0.314 e. The highest BCUT2D eigenvalue weighted by molar-refractivity contribution is 5.85. The van der Waals surface area contributed by atoms with Crippen LogP contribution in [-0.4, -0.2) is 31.1 Å². The van der Waals surface area contributed by atoms with Crippen LogP contribution in [-0.2, 0) is 12.4 Å². The van der Waals surface area contributed by atoms with Gasteiger partial charge in [0.1, 0.15) is 0 Å². The van der Waals surface area contributed by atoms with Gasteiger partial charge in [-0.3, -0.25) is 4.90 Å². The highest BCUT2D eigenvalue weighted by Gasteiger charge is 2.38. The van der Waals surface area contributed by atoms with Gasteiger partial charge in [0.15, 0.2) is 0 Å². The van der Waals surface area contributed by atoms with Crippen LogP contribution in [0.15, 0.2) is 18.2 Å². The topological polar surface area (TPSA) is 15.3 Å². The van der Waals surface area contributed by atoms with E-state index in [-0.39, 0.29) is 42.4 Å². The summed E-state index contributed by atoms with van der Waals surface area (Å²) in [6, 6.07) is 1.45. The van der Waals surface area contributed by atoms with E-state index in [1.807, 2.05) is 18.7 Å². The highest BCUT2D eigenvalue weighted by atomic mass is 35.5. The van der Waals surface area contributed by atoms with Crippen molar-refractivity contribution in [2.75, 3.05) is 26.2 Å². The van der Waals surface area contributed by atoms with Crippen molar-refractivity contribution in [1.29, 1.82) is 0 Å². The molecule has 27 heavy (non-hydrogen) atoms. The maximum atomic E-state index is 13.1. The van der Waals surface area contributed by atoms with Crippen LogP contribution >= 0.6 is 24.8 Å². The fraction of sp³-hybridized carbons (Fsp3) is 0.647. The maximum Gasteiger partial charge on any atom is 0.416 e. The Morgan fingerprint density at radius 3 is 1.70 bits per heavy atom. The van der Waals surface area contributed by atoms with E-state index in [0.717, 1.165) is 12.1 Å². The van der Waals surface area contributed by atoms with Gasteiger partial charge in [0.05, 0.1) is 11.1 Å². The summed E-state index contributed by atoms with van der Waals surface area (Å²) in [6.45, 7) is 6.34. The molecule has 1 fully saturated rings. The van der Waals surface area contributed by atoms with Crippen LogP contribution in [0.5, 0.6) is 0 Å². The normalized spacial score (nSPS) is 17.2. The third kappa shape index (κ3) is 7.33. The largest absolute Gasteiger partial charge is 0.416 e. The van der Waals surface area contributed by atoms with Crippen molar-refractivity contribution in [1.82, 2.24) is 10.2 Å². The summed E-state index contributed by atoms with van der Waals surface area (Å²) in [6.07, 6.45) is -9.14. The van der Waals surface area contributed by atoms with E-state index in [9.17, 15) is 26.3 Å². The van der Waals surface area contributed by atoms with Gasteiger partial charge < -0.3 is 5.32 Å². The Hall–Kier alpha value is -0.700. The predicted octanol–water partition coefficient (Wildman–Crippen LogP) is 5.56. The summed E-state index contributed by atoms with van der Waals surface area (Å²) in [4.78, 5) is 1.96. The first kappa shape index (κ1) is 26.3. The molecule has 0 unspecified atom stereocenters. The van der Waals surface area contributed by atoms with E-state index < -0.39 is 29.5 Å². The molecule has 10 heteroatoms. The number of nitrogens with one attached hydrogen (secondary N) is 1. The molecule has 0 aromatic heterocycles. The van der Waals surface area contributed by atoms with Crippen LogP contribution in [0.4, 0.5) is 26.3 Å². The van der Waals surface area contributed by atoms with Crippen LogP contribution < -0.4 is 5.32 Å². The summed E-state index contributed by atoms with van der Waals surface area (Å²) in [7, 11) is 0. The fourth-order valence-electron chi connectivity index (χ4n) is 3.11. The summed E-state index contributed by atoms with van der Waals surface area (Å²) in [5, 5.41) is 3.14. The Kier molecular flexibility index (Phi) is 9.92. The monoisotopic (exact) mass is 440 g/mol. The van der Waals surface area contributed by atoms with Crippen molar-refractivity contribution in [2.45, 2.75) is 38.7 Å². The second kappa shape index (κ2) is 10.2. The Balaban J connectivity index is 0.00000338. The van der Waals surface area contributed by atoms with Crippen LogP contribution in [0.25, 0.3) is 0 Å². The second-order valence-electron chi connectivity index (χ2n) is 6.77. The number of halogens is 8. The molecule has 0 bridgehead atoms. The summed E-state index contributed by atoms with van der Waals surface area (Å²) >= 11 is 0. The van der Waals surface area contributed by atoms with Crippen molar-refractivity contribution in [2.24, 2.45) is 5.92 Å². The van der Waals surface area contributed by atoms with Crippen molar-refractivity contribution in [3.8, 4) is 0 Å². The van der Waals surface area contributed by atoms with Crippen LogP contribution in [0, 0.1) is 5.92 Å². The molecule has 1 aliphatic rings. The number of hydrogen-bond acceptors (Lipinski definition) is 2. The molecule has 158 valence electrons. The lowest BCUT2D eigenvalue weighted by atomic mass is 9.92. The highest BCUT2D eigenvalue weighted by Crippen LogP contribution is 2.39. The Morgan fingerprint density at radius 1 is 0.889 bits per heavy atom. The fourth-order valence-corrected chi connectivity index (χ4v) is 3.11. The number of benzene rings is 1. The van der Waals surface area contributed by atoms with Gasteiger partial charge in [-0.15, -0.1) is 24.8 Å². The lowest BCUT2D eigenvalue weighted by Gasteiger charge is -2.36. The molecular formula is C17H24Cl2F6N2. The number of alkyl halides is 6. The molecule has 0 aliphatic carbocycles. The quantitative estimate of drug-likeness (QED) is 0.616. The molecule has 2 nitrogen and oxygen atoms in total. The van der Waals surface area contributed by atoms with E-state index >= 15 is 0 Å². The first-order valence-electron chi connectivity index (χ1n) is 8.22. The molecule has 0 amide bonds. The van der Waals surface area contributed by atoms with Gasteiger partial charge in [0, 0.05) is 32.2 Å². The first-order valence-corrected chi connectivity index (χ1v) is 8.22. The zero-order chi connectivity index (χ0) is 18.8. The van der Waals surface area contributed by atoms with Gasteiger partial charge in [0.2, 0.25) is 0 Å². The minimum absolute atomic E-state index is 0. The first-order chi connectivity index (χ1) is 11.5. The average molecular weight is 441 g/mol. The molecule has 1 aliphatic heterocycles. The Bertz CT molecular complexity index is 552. The molecule has 1 heterocycles. The van der Waals surface area contributed by atoms with Crippen molar-refractivity contribution in [3.63, 3.8) is 0 Å². The Labute approximate surface area is 167 Å². The maximum absolute atomic E-state index is 13.1. The van der Waals surface area contributed by atoms with Crippen molar-refractivity contribution in [3.05, 3.63) is 34.9 Å². The standard InChI is InChI=1S/C17H22F6N2.2ClH/c1-11(2)7-15(25-5-3-24-4-6-25)12-8-13(16(18,19)20)10-14(9-12)17(21,22)23;;/h8-11,15,24H,3-7H2,1-2H3;2*1H/t15-;;/m1../s1. The molecule has 1 atom stereocenters. The lowest BCUT2D eigenvalue weighted by Crippen LogP contribution is -2.45. The van der Waals surface area contributed by atoms with Gasteiger partial charge in [0.25, 0.3) is 0 Å². The average Bonchev–Trinajstić information content (AvgIpc) is 2.51. The smallest absolute Gasteiger partial charge is 0.314 e. The van der Waals surface area contributed by atoms with Gasteiger partial charge in [-0.25, -0.2) is 0 Å². The van der Waals surface area contributed by atoms with E-state index in [2.05, 4.69) is 5.32 Å². The molecule has 0 saturated carbocycles. The van der Waals surface area contributed by atoms with E-state index in [1.54, 1.807) is 0 Å². The Morgan fingerprint density at radius 2 is 1.33 bits per heavy atom. The summed E-state index contributed by atoms with van der Waals surface area (Å²) < 4.78 is 78.7. The summed E-state index contributed by atoms with van der Waals surface area (Å²) in [5.74, 6) is 0.142. The van der Waals surface area contributed by atoms with Gasteiger partial charge in [-0.2, -0.15) is 26.3 Å². The van der Waals surface area contributed by atoms with Crippen LogP contribution in [0.1, 0.15) is 43.0 Å². The molecular weight excluding hydrogens is 417 g/mol. The van der Waals surface area contributed by atoms with E-state index in [0.29, 0.717) is 32.6 Å². The van der Waals surface area contributed by atoms with Gasteiger partial charge >= 0.3 is 12.4 Å². The molecule has 1 aromatic rings. The predicted molar refractivity (Wildman–Crippen MR) is 97.6 cm³/mol. The second-order valence-corrected chi connectivity index (χ2v) is 6.77. The lowest BCUT2D eigenvalue weighted by molar-refractivity contribution is -0.143. The van der Waals surface area contributed by atoms with Crippen LogP contribution in [0.3, 0.4) is 0 Å². The summed E-state index contributed by atoms with van der Waals surface area (Å²) in [5.41, 5.74) is -2.42. The van der Waals surface area contributed by atoms with E-state index in [4.69, 9.17) is 0 Å². The van der Waals surface area contributed by atoms with Gasteiger partial charge in [-0.05, 0) is 36.1 Å². The number of rotatable bonds is 4. The molecule has 0 radical (unpaired) electrons. The zero-order valence-corrected chi connectivity index (χ0v) is 16.6. The van der Waals surface area contributed by atoms with Crippen LogP contribution in [0.2, 0.25) is 0 Å². The minimum atomic E-state index is -4.82. The number of piperazine rings is 1. The third-order valence-electron chi connectivity index (χ3n) is 4.28. The number of nitrogens with zero attached hydrogens (tertiary/aromatic N) is 1. The molecule has 0 spiro atoms. The van der Waals surface area contributed by atoms with Crippen molar-refractivity contribution < 1.29 is 26.3 Å². The third-order valence-corrected chi connectivity index (χ3v) is 4.28. The van der Waals surface area contributed by atoms with E-state index in [1.165, 1.54) is 0 Å². The van der Waals surface area contributed by atoms with Gasteiger partial charge in [-0.1, -0.05) is 13.8 Å². The molecule has 2 rings (SSSR count). The van der Waals surface area contributed by atoms with Crippen molar-refractivity contribution >= 4 is 24.8 Å². The zero-order valence-electron chi connectivity index (χ0n) is 15.0. The molecule has 1 N–H and O–H groups in total. The molecule has 1 aromatic carbocycles.